The summed E-state index contributed by atoms with van der Waals surface area (Å²) in [6, 6.07) is 0.0718. The van der Waals surface area contributed by atoms with Crippen LogP contribution >= 0.6 is 11.8 Å². The highest BCUT2D eigenvalue weighted by atomic mass is 32.2. The zero-order chi connectivity index (χ0) is 14.4. The van der Waals surface area contributed by atoms with Crippen LogP contribution in [0.1, 0.15) is 32.0 Å². The first kappa shape index (κ1) is 15.2. The molecule has 20 heavy (non-hydrogen) atoms. The molecule has 1 aliphatic heterocycles. The fraction of sp³-hybridized carbons (Fsp3) is 0.833. The Labute approximate surface area is 122 Å². The monoisotopic (exact) mass is 299 g/mol. The van der Waals surface area contributed by atoms with Crippen molar-refractivity contribution in [3.63, 3.8) is 0 Å². The van der Waals surface area contributed by atoms with Gasteiger partial charge in [0.2, 0.25) is 0 Å². The van der Waals surface area contributed by atoms with E-state index >= 15 is 0 Å². The molecule has 7 nitrogen and oxygen atoms in total. The Kier molecular flexibility index (Phi) is 5.78. The summed E-state index contributed by atoms with van der Waals surface area (Å²) in [7, 11) is 0. The first-order valence-corrected chi connectivity index (χ1v) is 8.14. The number of nitrogens with zero attached hydrogens (tertiary/aromatic N) is 5. The molecule has 8 heteroatoms. The second-order valence-corrected chi connectivity index (χ2v) is 6.12. The van der Waals surface area contributed by atoms with Gasteiger partial charge in [-0.2, -0.15) is 11.8 Å². The van der Waals surface area contributed by atoms with Crippen molar-refractivity contribution in [2.75, 3.05) is 18.1 Å². The Morgan fingerprint density at radius 1 is 1.55 bits per heavy atom. The highest BCUT2D eigenvalue weighted by Crippen LogP contribution is 2.20. The van der Waals surface area contributed by atoms with Crippen LogP contribution in [0.3, 0.4) is 0 Å². The number of hydrogen-bond acceptors (Lipinski definition) is 6. The van der Waals surface area contributed by atoms with E-state index in [1.807, 2.05) is 16.4 Å². The van der Waals surface area contributed by atoms with E-state index in [2.05, 4.69) is 27.3 Å². The Balaban J connectivity index is 1.99. The van der Waals surface area contributed by atoms with Crippen LogP contribution in [0.15, 0.2) is 0 Å². The van der Waals surface area contributed by atoms with Crippen molar-refractivity contribution in [2.24, 2.45) is 0 Å². The Hall–Kier alpha value is -1.15. The molecule has 1 atom stereocenters. The smallest absolute Gasteiger partial charge is 0.304 e. The van der Waals surface area contributed by atoms with E-state index < -0.39 is 5.97 Å². The largest absolute Gasteiger partial charge is 0.481 e. The molecule has 112 valence electrons. The molecule has 2 heterocycles. The van der Waals surface area contributed by atoms with Gasteiger partial charge in [-0.25, -0.2) is 4.68 Å². The van der Waals surface area contributed by atoms with Gasteiger partial charge in [-0.1, -0.05) is 13.3 Å². The summed E-state index contributed by atoms with van der Waals surface area (Å²) in [5.74, 6) is 1.99. The quantitative estimate of drug-likeness (QED) is 0.799. The molecule has 0 saturated carbocycles. The lowest BCUT2D eigenvalue weighted by Crippen LogP contribution is -2.43. The third-order valence-electron chi connectivity index (χ3n) is 3.43. The molecule has 1 N–H and O–H groups in total. The number of aliphatic carboxylic acids is 1. The summed E-state index contributed by atoms with van der Waals surface area (Å²) in [6.07, 6.45) is 2.33. The van der Waals surface area contributed by atoms with Gasteiger partial charge in [0.15, 0.2) is 5.82 Å². The zero-order valence-corrected chi connectivity index (χ0v) is 12.6. The third-order valence-corrected chi connectivity index (χ3v) is 4.53. The molecule has 1 aromatic rings. The van der Waals surface area contributed by atoms with E-state index in [4.69, 9.17) is 5.11 Å². The minimum Gasteiger partial charge on any atom is -0.481 e. The Morgan fingerprint density at radius 3 is 3.15 bits per heavy atom. The number of carbonyl (C=O) groups is 1. The van der Waals surface area contributed by atoms with Crippen molar-refractivity contribution in [2.45, 2.75) is 45.3 Å². The first-order valence-electron chi connectivity index (χ1n) is 6.99. The molecule has 0 radical (unpaired) electrons. The Bertz CT molecular complexity index is 439. The van der Waals surface area contributed by atoms with Crippen LogP contribution in [0.4, 0.5) is 0 Å². The molecule has 0 amide bonds. The van der Waals surface area contributed by atoms with Gasteiger partial charge in [0.05, 0.1) is 13.0 Å². The highest BCUT2D eigenvalue weighted by Gasteiger charge is 2.26. The van der Waals surface area contributed by atoms with Crippen LogP contribution in [0.5, 0.6) is 0 Å². The van der Waals surface area contributed by atoms with Gasteiger partial charge in [-0.05, 0) is 16.8 Å². The molecule has 1 fully saturated rings. The molecule has 1 saturated heterocycles. The normalized spacial score (nSPS) is 20.1. The van der Waals surface area contributed by atoms with Crippen molar-refractivity contribution >= 4 is 17.7 Å². The van der Waals surface area contributed by atoms with E-state index in [0.29, 0.717) is 6.54 Å². The van der Waals surface area contributed by atoms with Crippen LogP contribution in [0, 0.1) is 0 Å². The average Bonchev–Trinajstić information content (AvgIpc) is 2.85. The van der Waals surface area contributed by atoms with E-state index in [1.54, 1.807) is 0 Å². The fourth-order valence-corrected chi connectivity index (χ4v) is 3.42. The van der Waals surface area contributed by atoms with Crippen molar-refractivity contribution in [1.29, 1.82) is 0 Å². The minimum atomic E-state index is -0.743. The number of tetrazole rings is 1. The molecule has 1 unspecified atom stereocenters. The molecular weight excluding hydrogens is 278 g/mol. The number of carboxylic acid groups (broad SMARTS) is 1. The summed E-state index contributed by atoms with van der Waals surface area (Å²) in [4.78, 5) is 13.1. The fourth-order valence-electron chi connectivity index (χ4n) is 2.29. The molecule has 0 aromatic carbocycles. The topological polar surface area (TPSA) is 84.1 Å². The lowest BCUT2D eigenvalue weighted by molar-refractivity contribution is -0.138. The number of aryl methyl sites for hydroxylation is 1. The van der Waals surface area contributed by atoms with Crippen molar-refractivity contribution < 1.29 is 9.90 Å². The maximum absolute atomic E-state index is 10.9. The predicted molar refractivity (Wildman–Crippen MR) is 76.5 cm³/mol. The number of aromatic nitrogens is 4. The predicted octanol–water partition coefficient (Wildman–Crippen LogP) is 0.865. The summed E-state index contributed by atoms with van der Waals surface area (Å²) in [5.41, 5.74) is 0. The summed E-state index contributed by atoms with van der Waals surface area (Å²) in [6.45, 7) is 4.48. The van der Waals surface area contributed by atoms with Crippen molar-refractivity contribution in [1.82, 2.24) is 25.1 Å². The third kappa shape index (κ3) is 4.17. The molecule has 0 bridgehead atoms. The first-order chi connectivity index (χ1) is 9.70. The maximum Gasteiger partial charge on any atom is 0.304 e. The number of rotatable bonds is 7. The minimum absolute atomic E-state index is 0.0718. The lowest BCUT2D eigenvalue weighted by atomic mass is 10.2. The zero-order valence-electron chi connectivity index (χ0n) is 11.7. The highest BCUT2D eigenvalue weighted by molar-refractivity contribution is 7.99. The molecule has 0 aliphatic carbocycles. The van der Waals surface area contributed by atoms with Crippen LogP contribution < -0.4 is 0 Å². The standard InChI is InChI=1S/C12H21N5O2S/c1-2-3-4-17-11(13-14-15-17)8-16-5-6-20-9-10(16)7-12(18)19/h10H,2-9H2,1H3,(H,18,19). The molecule has 1 aromatic heterocycles. The van der Waals surface area contributed by atoms with Crippen molar-refractivity contribution in [3.05, 3.63) is 5.82 Å². The van der Waals surface area contributed by atoms with Crippen molar-refractivity contribution in [3.8, 4) is 0 Å². The number of thioether (sulfide) groups is 1. The second-order valence-electron chi connectivity index (χ2n) is 4.97. The van der Waals surface area contributed by atoms with E-state index in [0.717, 1.165) is 43.3 Å². The Morgan fingerprint density at radius 2 is 2.40 bits per heavy atom. The van der Waals surface area contributed by atoms with Crippen LogP contribution in [0.25, 0.3) is 0 Å². The van der Waals surface area contributed by atoms with E-state index in [9.17, 15) is 4.79 Å². The van der Waals surface area contributed by atoms with E-state index in [1.165, 1.54) is 0 Å². The average molecular weight is 299 g/mol. The van der Waals surface area contributed by atoms with Gasteiger partial charge in [0, 0.05) is 30.6 Å². The molecule has 0 spiro atoms. The second kappa shape index (κ2) is 7.58. The number of hydrogen-bond donors (Lipinski definition) is 1. The summed E-state index contributed by atoms with van der Waals surface area (Å²) >= 11 is 1.82. The number of unbranched alkanes of at least 4 members (excludes halogenated alkanes) is 1. The molecular formula is C12H21N5O2S. The summed E-state index contributed by atoms with van der Waals surface area (Å²) < 4.78 is 1.84. The van der Waals surface area contributed by atoms with Gasteiger partial charge in [0.25, 0.3) is 0 Å². The SMILES string of the molecule is CCCCn1nnnc1CN1CCSCC1CC(=O)O. The maximum atomic E-state index is 10.9. The lowest BCUT2D eigenvalue weighted by Gasteiger charge is -2.33. The van der Waals surface area contributed by atoms with E-state index in [-0.39, 0.29) is 12.5 Å². The van der Waals surface area contributed by atoms with Gasteiger partial charge in [0.1, 0.15) is 0 Å². The van der Waals surface area contributed by atoms with Crippen LogP contribution in [-0.4, -0.2) is 60.3 Å². The van der Waals surface area contributed by atoms with Gasteiger partial charge < -0.3 is 5.11 Å². The van der Waals surface area contributed by atoms with Gasteiger partial charge in [-0.15, -0.1) is 5.10 Å². The number of carboxylic acids is 1. The molecule has 1 aliphatic rings. The van der Waals surface area contributed by atoms with Crippen LogP contribution in [0.2, 0.25) is 0 Å². The summed E-state index contributed by atoms with van der Waals surface area (Å²) in [5, 5.41) is 20.8. The van der Waals surface area contributed by atoms with Gasteiger partial charge in [-0.3, -0.25) is 9.69 Å². The molecule has 2 rings (SSSR count). The van der Waals surface area contributed by atoms with Crippen LogP contribution in [-0.2, 0) is 17.9 Å². The van der Waals surface area contributed by atoms with Gasteiger partial charge >= 0.3 is 5.97 Å².